The average molecular weight is 231 g/mol. The van der Waals surface area contributed by atoms with Crippen LogP contribution in [0.1, 0.15) is 17.4 Å². The molecule has 0 saturated carbocycles. The molecule has 0 aliphatic heterocycles. The molecular formula is C13H13NO3. The zero-order chi connectivity index (χ0) is 12.3. The van der Waals surface area contributed by atoms with E-state index in [1.807, 2.05) is 24.3 Å². The summed E-state index contributed by atoms with van der Waals surface area (Å²) in [5.74, 6) is 0.336. The maximum absolute atomic E-state index is 11.5. The molecule has 4 nitrogen and oxygen atoms in total. The van der Waals surface area contributed by atoms with Crippen LogP contribution in [-0.4, -0.2) is 24.7 Å². The molecule has 0 bridgehead atoms. The summed E-state index contributed by atoms with van der Waals surface area (Å²) in [7, 11) is 1.61. The Labute approximate surface area is 99.2 Å². The van der Waals surface area contributed by atoms with Gasteiger partial charge >= 0.3 is 5.97 Å². The molecule has 2 rings (SSSR count). The fourth-order valence-electron chi connectivity index (χ4n) is 1.62. The highest BCUT2D eigenvalue weighted by Crippen LogP contribution is 2.24. The molecule has 0 saturated heterocycles. The first-order chi connectivity index (χ1) is 8.26. The van der Waals surface area contributed by atoms with Crippen LogP contribution in [-0.2, 0) is 4.74 Å². The smallest absolute Gasteiger partial charge is 0.356 e. The van der Waals surface area contributed by atoms with Gasteiger partial charge in [-0.3, -0.25) is 0 Å². The number of aromatic nitrogens is 1. The van der Waals surface area contributed by atoms with Crippen LogP contribution in [0.25, 0.3) is 10.9 Å². The van der Waals surface area contributed by atoms with Crippen LogP contribution in [0.15, 0.2) is 30.3 Å². The van der Waals surface area contributed by atoms with Crippen molar-refractivity contribution in [3.05, 3.63) is 36.0 Å². The first kappa shape index (κ1) is 11.4. The molecule has 0 aliphatic carbocycles. The van der Waals surface area contributed by atoms with Gasteiger partial charge in [-0.25, -0.2) is 9.78 Å². The minimum atomic E-state index is -0.405. The zero-order valence-electron chi connectivity index (χ0n) is 9.77. The van der Waals surface area contributed by atoms with Crippen LogP contribution < -0.4 is 4.74 Å². The molecule has 1 heterocycles. The lowest BCUT2D eigenvalue weighted by molar-refractivity contribution is 0.0520. The van der Waals surface area contributed by atoms with Gasteiger partial charge in [-0.05, 0) is 31.2 Å². The predicted molar refractivity (Wildman–Crippen MR) is 64.3 cm³/mol. The highest BCUT2D eigenvalue weighted by Gasteiger charge is 2.10. The Morgan fingerprint density at radius 1 is 1.29 bits per heavy atom. The fraction of sp³-hybridized carbons (Fsp3) is 0.231. The van der Waals surface area contributed by atoms with Gasteiger partial charge in [-0.15, -0.1) is 0 Å². The summed E-state index contributed by atoms with van der Waals surface area (Å²) < 4.78 is 10.1. The molecule has 0 N–H and O–H groups in total. The van der Waals surface area contributed by atoms with Crippen molar-refractivity contribution in [2.45, 2.75) is 6.92 Å². The lowest BCUT2D eigenvalue weighted by Crippen LogP contribution is -2.06. The van der Waals surface area contributed by atoms with Gasteiger partial charge in [-0.1, -0.05) is 6.07 Å². The number of rotatable bonds is 3. The molecule has 17 heavy (non-hydrogen) atoms. The van der Waals surface area contributed by atoms with Crippen molar-refractivity contribution in [3.8, 4) is 5.75 Å². The van der Waals surface area contributed by atoms with Crippen LogP contribution in [0.4, 0.5) is 0 Å². The van der Waals surface area contributed by atoms with E-state index in [1.54, 1.807) is 20.1 Å². The standard InChI is InChI=1S/C13H13NO3/c1-3-17-13(15)11-8-7-9-10(14-11)5-4-6-12(9)16-2/h4-8H,3H2,1-2H3. The second kappa shape index (κ2) is 4.82. The summed E-state index contributed by atoms with van der Waals surface area (Å²) in [6, 6.07) is 8.98. The SMILES string of the molecule is CCOC(=O)c1ccc2c(OC)cccc2n1. The third kappa shape index (κ3) is 2.20. The molecule has 2 aromatic rings. The first-order valence-corrected chi connectivity index (χ1v) is 5.37. The number of nitrogens with zero attached hydrogens (tertiary/aromatic N) is 1. The highest BCUT2D eigenvalue weighted by molar-refractivity contribution is 5.92. The molecule has 0 radical (unpaired) electrons. The van der Waals surface area contributed by atoms with Gasteiger partial charge in [0.1, 0.15) is 11.4 Å². The van der Waals surface area contributed by atoms with Gasteiger partial charge in [0.05, 0.1) is 19.2 Å². The van der Waals surface area contributed by atoms with E-state index in [2.05, 4.69) is 4.98 Å². The molecule has 0 spiro atoms. The Bertz CT molecular complexity index is 551. The number of pyridine rings is 1. The van der Waals surface area contributed by atoms with Gasteiger partial charge in [0.15, 0.2) is 0 Å². The first-order valence-electron chi connectivity index (χ1n) is 5.37. The second-order valence-electron chi connectivity index (χ2n) is 3.44. The third-order valence-electron chi connectivity index (χ3n) is 2.40. The van der Waals surface area contributed by atoms with Crippen molar-refractivity contribution >= 4 is 16.9 Å². The maximum Gasteiger partial charge on any atom is 0.356 e. The zero-order valence-corrected chi connectivity index (χ0v) is 9.77. The topological polar surface area (TPSA) is 48.4 Å². The van der Waals surface area contributed by atoms with E-state index in [-0.39, 0.29) is 0 Å². The van der Waals surface area contributed by atoms with Crippen molar-refractivity contribution in [3.63, 3.8) is 0 Å². The Morgan fingerprint density at radius 3 is 2.82 bits per heavy atom. The summed E-state index contributed by atoms with van der Waals surface area (Å²) >= 11 is 0. The summed E-state index contributed by atoms with van der Waals surface area (Å²) in [6.45, 7) is 2.11. The minimum absolute atomic E-state index is 0.313. The molecule has 88 valence electrons. The van der Waals surface area contributed by atoms with Crippen LogP contribution >= 0.6 is 0 Å². The summed E-state index contributed by atoms with van der Waals surface area (Å²) in [4.78, 5) is 15.8. The Morgan fingerprint density at radius 2 is 2.12 bits per heavy atom. The Kier molecular flexibility index (Phi) is 3.23. The van der Waals surface area contributed by atoms with Crippen LogP contribution in [0.3, 0.4) is 0 Å². The van der Waals surface area contributed by atoms with Gasteiger partial charge in [0.2, 0.25) is 0 Å². The van der Waals surface area contributed by atoms with Crippen LogP contribution in [0, 0.1) is 0 Å². The fourth-order valence-corrected chi connectivity index (χ4v) is 1.62. The maximum atomic E-state index is 11.5. The molecular weight excluding hydrogens is 218 g/mol. The van der Waals surface area contributed by atoms with Crippen LogP contribution in [0.2, 0.25) is 0 Å². The molecule has 0 atom stereocenters. The lowest BCUT2D eigenvalue weighted by atomic mass is 10.2. The van der Waals surface area contributed by atoms with E-state index >= 15 is 0 Å². The normalized spacial score (nSPS) is 10.2. The van der Waals surface area contributed by atoms with Crippen molar-refractivity contribution in [1.29, 1.82) is 0 Å². The monoisotopic (exact) mass is 231 g/mol. The van der Waals surface area contributed by atoms with Gasteiger partial charge in [0, 0.05) is 5.39 Å². The number of ether oxygens (including phenoxy) is 2. The number of benzene rings is 1. The molecule has 0 amide bonds. The van der Waals surface area contributed by atoms with Gasteiger partial charge in [0.25, 0.3) is 0 Å². The number of methoxy groups -OCH3 is 1. The van der Waals surface area contributed by atoms with E-state index in [4.69, 9.17) is 9.47 Å². The largest absolute Gasteiger partial charge is 0.496 e. The van der Waals surface area contributed by atoms with Crippen molar-refractivity contribution in [2.24, 2.45) is 0 Å². The number of carbonyl (C=O) groups excluding carboxylic acids is 1. The number of carbonyl (C=O) groups is 1. The quantitative estimate of drug-likeness (QED) is 0.761. The molecule has 1 aromatic carbocycles. The highest BCUT2D eigenvalue weighted by atomic mass is 16.5. The lowest BCUT2D eigenvalue weighted by Gasteiger charge is -2.06. The van der Waals surface area contributed by atoms with Crippen molar-refractivity contribution in [1.82, 2.24) is 4.98 Å². The number of hydrogen-bond donors (Lipinski definition) is 0. The van der Waals surface area contributed by atoms with E-state index in [1.165, 1.54) is 0 Å². The summed E-state index contributed by atoms with van der Waals surface area (Å²) in [5.41, 5.74) is 1.03. The second-order valence-corrected chi connectivity index (χ2v) is 3.44. The van der Waals surface area contributed by atoms with Crippen LogP contribution in [0.5, 0.6) is 5.75 Å². The minimum Gasteiger partial charge on any atom is -0.496 e. The Hall–Kier alpha value is -2.10. The third-order valence-corrected chi connectivity index (χ3v) is 2.40. The summed E-state index contributed by atoms with van der Waals surface area (Å²) in [6.07, 6.45) is 0. The average Bonchev–Trinajstić information content (AvgIpc) is 2.37. The number of fused-ring (bicyclic) bond motifs is 1. The van der Waals surface area contributed by atoms with E-state index in [0.29, 0.717) is 12.3 Å². The van der Waals surface area contributed by atoms with Gasteiger partial charge in [-0.2, -0.15) is 0 Å². The Balaban J connectivity index is 2.48. The van der Waals surface area contributed by atoms with Crippen molar-refractivity contribution < 1.29 is 14.3 Å². The summed E-state index contributed by atoms with van der Waals surface area (Å²) in [5, 5.41) is 0.878. The molecule has 0 fully saturated rings. The number of esters is 1. The van der Waals surface area contributed by atoms with E-state index in [9.17, 15) is 4.79 Å². The van der Waals surface area contributed by atoms with Crippen molar-refractivity contribution in [2.75, 3.05) is 13.7 Å². The molecule has 0 aliphatic rings. The molecule has 4 heteroatoms. The molecule has 0 unspecified atom stereocenters. The van der Waals surface area contributed by atoms with Gasteiger partial charge < -0.3 is 9.47 Å². The predicted octanol–water partition coefficient (Wildman–Crippen LogP) is 2.42. The number of hydrogen-bond acceptors (Lipinski definition) is 4. The van der Waals surface area contributed by atoms with E-state index in [0.717, 1.165) is 16.7 Å². The molecule has 1 aromatic heterocycles. The van der Waals surface area contributed by atoms with E-state index < -0.39 is 5.97 Å².